The first kappa shape index (κ1) is 24.3. The average Bonchev–Trinajstić information content (AvgIpc) is 2.75. The number of anilines is 2. The zero-order valence-electron chi connectivity index (χ0n) is 17.5. The van der Waals surface area contributed by atoms with Crippen molar-refractivity contribution in [2.45, 2.75) is 24.6 Å². The number of hydrogen-bond donors (Lipinski definition) is 2. The SMILES string of the molecule is Cc1ccc(S(=O)(=O)Nc2ccc(NC(=O)c3ccc(COCC(F)(F)F)cc3)cc2)cc1. The van der Waals surface area contributed by atoms with Gasteiger partial charge in [-0.15, -0.1) is 0 Å². The fraction of sp³-hybridized carbons (Fsp3) is 0.174. The van der Waals surface area contributed by atoms with E-state index in [2.05, 4.69) is 14.8 Å². The van der Waals surface area contributed by atoms with Gasteiger partial charge in [-0.3, -0.25) is 9.52 Å². The number of aryl methyl sites for hydroxylation is 1. The number of carbonyl (C=O) groups excluding carboxylic acids is 1. The summed E-state index contributed by atoms with van der Waals surface area (Å²) in [6.07, 6.45) is -4.39. The molecule has 0 unspecified atom stereocenters. The van der Waals surface area contributed by atoms with E-state index in [1.165, 1.54) is 48.5 Å². The van der Waals surface area contributed by atoms with Crippen LogP contribution in [0.15, 0.2) is 77.7 Å². The van der Waals surface area contributed by atoms with Gasteiger partial charge in [0.25, 0.3) is 15.9 Å². The first-order chi connectivity index (χ1) is 15.5. The zero-order chi connectivity index (χ0) is 24.1. The van der Waals surface area contributed by atoms with Gasteiger partial charge in [-0.1, -0.05) is 29.8 Å². The smallest absolute Gasteiger partial charge is 0.367 e. The second kappa shape index (κ2) is 10.1. The second-order valence-electron chi connectivity index (χ2n) is 7.25. The minimum Gasteiger partial charge on any atom is -0.367 e. The molecule has 0 radical (unpaired) electrons. The van der Waals surface area contributed by atoms with Gasteiger partial charge in [-0.2, -0.15) is 13.2 Å². The Morgan fingerprint density at radius 2 is 1.45 bits per heavy atom. The molecular weight excluding hydrogens is 457 g/mol. The predicted octanol–water partition coefficient (Wildman–Crippen LogP) is 5.13. The molecule has 10 heteroatoms. The van der Waals surface area contributed by atoms with E-state index >= 15 is 0 Å². The average molecular weight is 478 g/mol. The van der Waals surface area contributed by atoms with Crippen molar-refractivity contribution < 1.29 is 31.1 Å². The third-order valence-corrected chi connectivity index (χ3v) is 5.87. The normalized spacial score (nSPS) is 11.8. The van der Waals surface area contributed by atoms with E-state index in [4.69, 9.17) is 0 Å². The van der Waals surface area contributed by atoms with Crippen molar-refractivity contribution in [3.05, 3.63) is 89.5 Å². The van der Waals surface area contributed by atoms with Crippen LogP contribution in [0.1, 0.15) is 21.5 Å². The van der Waals surface area contributed by atoms with Gasteiger partial charge >= 0.3 is 6.18 Å². The molecule has 0 saturated carbocycles. The first-order valence-corrected chi connectivity index (χ1v) is 11.2. The Morgan fingerprint density at radius 3 is 2.03 bits per heavy atom. The summed E-state index contributed by atoms with van der Waals surface area (Å²) in [6, 6.07) is 18.5. The summed E-state index contributed by atoms with van der Waals surface area (Å²) in [4.78, 5) is 12.5. The zero-order valence-corrected chi connectivity index (χ0v) is 18.3. The molecule has 3 rings (SSSR count). The highest BCUT2D eigenvalue weighted by Crippen LogP contribution is 2.20. The van der Waals surface area contributed by atoms with Gasteiger partial charge in [-0.05, 0) is 61.0 Å². The van der Waals surface area contributed by atoms with Crippen molar-refractivity contribution in [3.63, 3.8) is 0 Å². The molecule has 2 N–H and O–H groups in total. The van der Waals surface area contributed by atoms with Crippen LogP contribution in [0.4, 0.5) is 24.5 Å². The molecule has 0 bridgehead atoms. The summed E-state index contributed by atoms with van der Waals surface area (Å²) >= 11 is 0. The van der Waals surface area contributed by atoms with Crippen LogP contribution in [0.5, 0.6) is 0 Å². The molecule has 0 saturated heterocycles. The fourth-order valence-corrected chi connectivity index (χ4v) is 3.85. The summed E-state index contributed by atoms with van der Waals surface area (Å²) in [7, 11) is -3.74. The molecule has 3 aromatic rings. The van der Waals surface area contributed by atoms with E-state index in [1.807, 2.05) is 6.92 Å². The lowest BCUT2D eigenvalue weighted by Crippen LogP contribution is -2.16. The number of hydrogen-bond acceptors (Lipinski definition) is 4. The molecule has 33 heavy (non-hydrogen) atoms. The number of alkyl halides is 3. The Morgan fingerprint density at radius 1 is 0.879 bits per heavy atom. The van der Waals surface area contributed by atoms with Crippen molar-refractivity contribution in [2.24, 2.45) is 0 Å². The van der Waals surface area contributed by atoms with Gasteiger partial charge in [0.1, 0.15) is 6.61 Å². The minimum atomic E-state index is -4.39. The summed E-state index contributed by atoms with van der Waals surface area (Å²) in [6.45, 7) is 0.298. The molecule has 3 aromatic carbocycles. The van der Waals surface area contributed by atoms with Crippen LogP contribution < -0.4 is 10.0 Å². The van der Waals surface area contributed by atoms with Gasteiger partial charge in [0.15, 0.2) is 0 Å². The molecule has 0 aliphatic carbocycles. The van der Waals surface area contributed by atoms with Crippen molar-refractivity contribution in [1.82, 2.24) is 0 Å². The van der Waals surface area contributed by atoms with Gasteiger partial charge in [-0.25, -0.2) is 8.42 Å². The van der Waals surface area contributed by atoms with Gasteiger partial charge in [0.2, 0.25) is 0 Å². The molecule has 6 nitrogen and oxygen atoms in total. The third-order valence-electron chi connectivity index (χ3n) is 4.48. The van der Waals surface area contributed by atoms with E-state index in [-0.39, 0.29) is 11.5 Å². The Kier molecular flexibility index (Phi) is 7.39. The van der Waals surface area contributed by atoms with E-state index in [0.29, 0.717) is 22.5 Å². The lowest BCUT2D eigenvalue weighted by atomic mass is 10.1. The van der Waals surface area contributed by atoms with Crippen LogP contribution >= 0.6 is 0 Å². The molecule has 0 heterocycles. The van der Waals surface area contributed by atoms with Gasteiger partial charge < -0.3 is 10.1 Å². The standard InChI is InChI=1S/C23H21F3N2O4S/c1-16-2-12-21(13-3-16)33(30,31)28-20-10-8-19(9-11-20)27-22(29)18-6-4-17(5-7-18)14-32-15-23(24,25)26/h2-13,28H,14-15H2,1H3,(H,27,29). The van der Waals surface area contributed by atoms with Crippen molar-refractivity contribution in [3.8, 4) is 0 Å². The highest BCUT2D eigenvalue weighted by atomic mass is 32.2. The number of carbonyl (C=O) groups is 1. The van der Waals surface area contributed by atoms with Gasteiger partial charge in [0, 0.05) is 16.9 Å². The molecule has 0 fully saturated rings. The van der Waals surface area contributed by atoms with Crippen molar-refractivity contribution in [2.75, 3.05) is 16.6 Å². The number of ether oxygens (including phenoxy) is 1. The van der Waals surface area contributed by atoms with Crippen molar-refractivity contribution >= 4 is 27.3 Å². The van der Waals surface area contributed by atoms with Gasteiger partial charge in [0.05, 0.1) is 11.5 Å². The van der Waals surface area contributed by atoms with Crippen molar-refractivity contribution in [1.29, 1.82) is 0 Å². The maximum absolute atomic E-state index is 12.5. The first-order valence-electron chi connectivity index (χ1n) is 9.76. The fourth-order valence-electron chi connectivity index (χ4n) is 2.79. The Hall–Kier alpha value is -3.37. The Labute approximate surface area is 189 Å². The van der Waals surface area contributed by atoms with E-state index in [0.717, 1.165) is 5.56 Å². The lowest BCUT2D eigenvalue weighted by molar-refractivity contribution is -0.176. The summed E-state index contributed by atoms with van der Waals surface area (Å²) in [5.41, 5.74) is 2.52. The number of benzene rings is 3. The number of rotatable bonds is 8. The molecule has 0 atom stereocenters. The van der Waals surface area contributed by atoms with Crippen LogP contribution in [-0.2, 0) is 21.4 Å². The van der Waals surface area contributed by atoms with E-state index in [1.54, 1.807) is 24.3 Å². The maximum atomic E-state index is 12.5. The molecular formula is C23H21F3N2O4S. The number of halogens is 3. The summed E-state index contributed by atoms with van der Waals surface area (Å²) in [5, 5.41) is 2.67. The van der Waals surface area contributed by atoms with Crippen LogP contribution in [0.2, 0.25) is 0 Å². The summed E-state index contributed by atoms with van der Waals surface area (Å²) in [5.74, 6) is -0.425. The quantitative estimate of drug-likeness (QED) is 0.470. The highest BCUT2D eigenvalue weighted by Gasteiger charge is 2.27. The van der Waals surface area contributed by atoms with Crippen LogP contribution in [0, 0.1) is 6.92 Å². The largest absolute Gasteiger partial charge is 0.411 e. The second-order valence-corrected chi connectivity index (χ2v) is 8.94. The Bertz CT molecular complexity index is 1190. The number of nitrogens with one attached hydrogen (secondary N) is 2. The highest BCUT2D eigenvalue weighted by molar-refractivity contribution is 7.92. The van der Waals surface area contributed by atoms with E-state index < -0.39 is 28.7 Å². The Balaban J connectivity index is 1.57. The molecule has 0 spiro atoms. The minimum absolute atomic E-state index is 0.137. The van der Waals surface area contributed by atoms with Crippen LogP contribution in [0.3, 0.4) is 0 Å². The number of sulfonamides is 1. The lowest BCUT2D eigenvalue weighted by Gasteiger charge is -2.10. The number of amides is 1. The van der Waals surface area contributed by atoms with Crippen LogP contribution in [0.25, 0.3) is 0 Å². The summed E-state index contributed by atoms with van der Waals surface area (Å²) < 4.78 is 68.3. The van der Waals surface area contributed by atoms with E-state index in [9.17, 15) is 26.4 Å². The molecule has 0 aliphatic rings. The molecule has 0 aliphatic heterocycles. The third kappa shape index (κ3) is 7.33. The molecule has 1 amide bonds. The monoisotopic (exact) mass is 478 g/mol. The molecule has 174 valence electrons. The van der Waals surface area contributed by atoms with Crippen LogP contribution in [-0.4, -0.2) is 27.1 Å². The topological polar surface area (TPSA) is 84.5 Å². The molecule has 0 aromatic heterocycles. The predicted molar refractivity (Wildman–Crippen MR) is 119 cm³/mol. The maximum Gasteiger partial charge on any atom is 0.411 e.